The van der Waals surface area contributed by atoms with E-state index >= 15 is 0 Å². The number of rotatable bonds is 4. The van der Waals surface area contributed by atoms with Crippen LogP contribution in [-0.2, 0) is 27.2 Å². The van der Waals surface area contributed by atoms with Gasteiger partial charge in [0.05, 0.1) is 12.8 Å². The van der Waals surface area contributed by atoms with Gasteiger partial charge in [-0.15, -0.1) is 0 Å². The number of hydrogen-bond acceptors (Lipinski definition) is 4. The average Bonchev–Trinajstić information content (AvgIpc) is 2.86. The molecule has 6 nitrogen and oxygen atoms in total. The molecule has 0 N–H and O–H groups in total. The SMILES string of the molecule is CN(Cc1ccco1)Cc1cc(=O)n(C)c(=O)n1C. The first kappa shape index (κ1) is 13.4. The van der Waals surface area contributed by atoms with Gasteiger partial charge in [0, 0.05) is 32.4 Å². The van der Waals surface area contributed by atoms with Crippen LogP contribution in [0.4, 0.5) is 0 Å². The Labute approximate surface area is 110 Å². The van der Waals surface area contributed by atoms with E-state index in [9.17, 15) is 9.59 Å². The molecule has 2 rings (SSSR count). The molecule has 0 radical (unpaired) electrons. The van der Waals surface area contributed by atoms with E-state index in [0.29, 0.717) is 18.8 Å². The maximum atomic E-state index is 11.8. The minimum atomic E-state index is -0.311. The van der Waals surface area contributed by atoms with Crippen LogP contribution in [0, 0.1) is 0 Å². The predicted octanol–water partition coefficient (Wildman–Crippen LogP) is 0.309. The number of nitrogens with zero attached hydrogens (tertiary/aromatic N) is 3. The summed E-state index contributed by atoms with van der Waals surface area (Å²) < 4.78 is 7.84. The van der Waals surface area contributed by atoms with Gasteiger partial charge < -0.3 is 4.42 Å². The van der Waals surface area contributed by atoms with Crippen LogP contribution >= 0.6 is 0 Å². The Morgan fingerprint density at radius 1 is 1.21 bits per heavy atom. The van der Waals surface area contributed by atoms with E-state index < -0.39 is 0 Å². The number of furan rings is 1. The van der Waals surface area contributed by atoms with Gasteiger partial charge in [0.15, 0.2) is 0 Å². The first-order chi connectivity index (χ1) is 8.99. The molecule has 2 aromatic rings. The van der Waals surface area contributed by atoms with Crippen LogP contribution in [0.3, 0.4) is 0 Å². The Hall–Kier alpha value is -2.08. The quantitative estimate of drug-likeness (QED) is 0.796. The van der Waals surface area contributed by atoms with E-state index in [2.05, 4.69) is 0 Å². The van der Waals surface area contributed by atoms with E-state index in [4.69, 9.17) is 4.42 Å². The van der Waals surface area contributed by atoms with E-state index in [0.717, 1.165) is 10.3 Å². The van der Waals surface area contributed by atoms with Gasteiger partial charge in [-0.3, -0.25) is 18.8 Å². The maximum absolute atomic E-state index is 11.8. The first-order valence-corrected chi connectivity index (χ1v) is 5.96. The van der Waals surface area contributed by atoms with Crippen LogP contribution in [0.5, 0.6) is 0 Å². The second-order valence-electron chi connectivity index (χ2n) is 4.63. The maximum Gasteiger partial charge on any atom is 0.330 e. The highest BCUT2D eigenvalue weighted by atomic mass is 16.3. The summed E-state index contributed by atoms with van der Waals surface area (Å²) in [6, 6.07) is 5.21. The summed E-state index contributed by atoms with van der Waals surface area (Å²) in [4.78, 5) is 25.4. The van der Waals surface area contributed by atoms with Gasteiger partial charge >= 0.3 is 5.69 Å². The van der Waals surface area contributed by atoms with Crippen molar-refractivity contribution in [2.24, 2.45) is 14.1 Å². The molecular formula is C13H17N3O3. The van der Waals surface area contributed by atoms with Crippen molar-refractivity contribution in [3.05, 3.63) is 56.8 Å². The van der Waals surface area contributed by atoms with Crippen molar-refractivity contribution in [2.75, 3.05) is 7.05 Å². The molecule has 0 amide bonds. The molecule has 0 saturated heterocycles. The van der Waals surface area contributed by atoms with Crippen LogP contribution in [0.25, 0.3) is 0 Å². The van der Waals surface area contributed by atoms with Gasteiger partial charge in [-0.05, 0) is 19.2 Å². The zero-order chi connectivity index (χ0) is 14.0. The lowest BCUT2D eigenvalue weighted by Crippen LogP contribution is -2.39. The second kappa shape index (κ2) is 5.27. The molecule has 19 heavy (non-hydrogen) atoms. The second-order valence-corrected chi connectivity index (χ2v) is 4.63. The molecule has 0 aliphatic heterocycles. The van der Waals surface area contributed by atoms with E-state index in [-0.39, 0.29) is 11.2 Å². The average molecular weight is 263 g/mol. The van der Waals surface area contributed by atoms with Crippen molar-refractivity contribution in [3.8, 4) is 0 Å². The summed E-state index contributed by atoms with van der Waals surface area (Å²) in [7, 11) is 5.04. The fourth-order valence-electron chi connectivity index (χ4n) is 1.93. The van der Waals surface area contributed by atoms with Crippen LogP contribution in [-0.4, -0.2) is 21.1 Å². The summed E-state index contributed by atoms with van der Waals surface area (Å²) in [6.07, 6.45) is 1.62. The molecule has 0 aliphatic carbocycles. The molecule has 0 bridgehead atoms. The van der Waals surface area contributed by atoms with Crippen molar-refractivity contribution >= 4 is 0 Å². The summed E-state index contributed by atoms with van der Waals surface area (Å²) in [5.74, 6) is 0.844. The molecule has 2 aromatic heterocycles. The van der Waals surface area contributed by atoms with Gasteiger partial charge in [-0.2, -0.15) is 0 Å². The lowest BCUT2D eigenvalue weighted by atomic mass is 10.3. The van der Waals surface area contributed by atoms with E-state index in [1.165, 1.54) is 17.7 Å². The van der Waals surface area contributed by atoms with Crippen LogP contribution in [0.15, 0.2) is 38.5 Å². The van der Waals surface area contributed by atoms with Gasteiger partial charge in [-0.1, -0.05) is 0 Å². The Balaban J connectivity index is 2.20. The molecule has 0 unspecified atom stereocenters. The Kier molecular flexibility index (Phi) is 3.71. The minimum absolute atomic E-state index is 0.288. The smallest absolute Gasteiger partial charge is 0.330 e. The molecule has 0 saturated carbocycles. The Bertz CT molecular complexity index is 667. The van der Waals surface area contributed by atoms with Crippen LogP contribution in [0.1, 0.15) is 11.5 Å². The highest BCUT2D eigenvalue weighted by Gasteiger charge is 2.09. The third-order valence-corrected chi connectivity index (χ3v) is 3.06. The monoisotopic (exact) mass is 263 g/mol. The van der Waals surface area contributed by atoms with Crippen molar-refractivity contribution in [2.45, 2.75) is 13.1 Å². The standard InChI is InChI=1S/C13H17N3O3/c1-14(9-11-5-4-6-19-11)8-10-7-12(17)16(3)13(18)15(10)2/h4-7H,8-9H2,1-3H3. The van der Waals surface area contributed by atoms with Crippen molar-refractivity contribution in [1.82, 2.24) is 14.0 Å². The largest absolute Gasteiger partial charge is 0.468 e. The first-order valence-electron chi connectivity index (χ1n) is 5.96. The predicted molar refractivity (Wildman–Crippen MR) is 70.8 cm³/mol. The molecule has 0 spiro atoms. The normalized spacial score (nSPS) is 11.2. The lowest BCUT2D eigenvalue weighted by Gasteiger charge is -2.17. The zero-order valence-corrected chi connectivity index (χ0v) is 11.3. The van der Waals surface area contributed by atoms with Crippen LogP contribution in [0.2, 0.25) is 0 Å². The summed E-state index contributed by atoms with van der Waals surface area (Å²) in [5, 5.41) is 0. The number of aromatic nitrogens is 2. The molecule has 0 atom stereocenters. The van der Waals surface area contributed by atoms with Crippen molar-refractivity contribution in [1.29, 1.82) is 0 Å². The van der Waals surface area contributed by atoms with Gasteiger partial charge in [0.2, 0.25) is 0 Å². The molecule has 0 aliphatic rings. The van der Waals surface area contributed by atoms with E-state index in [1.807, 2.05) is 24.1 Å². The highest BCUT2D eigenvalue weighted by molar-refractivity contribution is 5.03. The third kappa shape index (κ3) is 2.85. The molecule has 102 valence electrons. The van der Waals surface area contributed by atoms with Gasteiger partial charge in [0.1, 0.15) is 5.76 Å². The molecule has 0 aromatic carbocycles. The number of hydrogen-bond donors (Lipinski definition) is 0. The lowest BCUT2D eigenvalue weighted by molar-refractivity contribution is 0.280. The summed E-state index contributed by atoms with van der Waals surface area (Å²) >= 11 is 0. The summed E-state index contributed by atoms with van der Waals surface area (Å²) in [5.41, 5.74) is 0.0838. The summed E-state index contributed by atoms with van der Waals surface area (Å²) in [6.45, 7) is 1.12. The Morgan fingerprint density at radius 2 is 1.95 bits per heavy atom. The van der Waals surface area contributed by atoms with Crippen LogP contribution < -0.4 is 11.2 Å². The van der Waals surface area contributed by atoms with Gasteiger partial charge in [-0.25, -0.2) is 4.79 Å². The topological polar surface area (TPSA) is 60.4 Å². The molecule has 2 heterocycles. The zero-order valence-electron chi connectivity index (χ0n) is 11.3. The van der Waals surface area contributed by atoms with Crippen molar-refractivity contribution < 1.29 is 4.42 Å². The fraction of sp³-hybridized carbons (Fsp3) is 0.385. The van der Waals surface area contributed by atoms with Gasteiger partial charge in [0.25, 0.3) is 5.56 Å². The third-order valence-electron chi connectivity index (χ3n) is 3.06. The fourth-order valence-corrected chi connectivity index (χ4v) is 1.93. The Morgan fingerprint density at radius 3 is 2.58 bits per heavy atom. The van der Waals surface area contributed by atoms with E-state index in [1.54, 1.807) is 13.3 Å². The highest BCUT2D eigenvalue weighted by Crippen LogP contribution is 2.06. The molecule has 0 fully saturated rings. The minimum Gasteiger partial charge on any atom is -0.468 e. The molecular weight excluding hydrogens is 246 g/mol. The molecule has 6 heteroatoms. The van der Waals surface area contributed by atoms with Crippen molar-refractivity contribution in [3.63, 3.8) is 0 Å².